The Morgan fingerprint density at radius 3 is 2.91 bits per heavy atom. The van der Waals surface area contributed by atoms with Crippen molar-refractivity contribution in [1.29, 1.82) is 0 Å². The molecule has 0 saturated heterocycles. The van der Waals surface area contributed by atoms with Crippen LogP contribution in [0, 0.1) is 0 Å². The molecule has 1 aromatic rings. The lowest BCUT2D eigenvalue weighted by Gasteiger charge is -1.85. The molecule has 2 nitrogen and oxygen atoms in total. The van der Waals surface area contributed by atoms with Crippen LogP contribution in [-0.2, 0) is 6.61 Å². The summed E-state index contributed by atoms with van der Waals surface area (Å²) in [6.45, 7) is -0.0395. The Hall–Kier alpha value is -0.540. The minimum atomic E-state index is -0.0395. The van der Waals surface area contributed by atoms with Crippen LogP contribution >= 0.6 is 15.9 Å². The molecule has 0 aliphatic rings. The van der Waals surface area contributed by atoms with Gasteiger partial charge >= 0.3 is 0 Å². The first-order chi connectivity index (χ1) is 5.36. The fraction of sp³-hybridized carbons (Fsp3) is 0.250. The Kier molecular flexibility index (Phi) is 3.39. The van der Waals surface area contributed by atoms with Gasteiger partial charge in [0.05, 0.1) is 0 Å². The van der Waals surface area contributed by atoms with Gasteiger partial charge in [0, 0.05) is 5.33 Å². The summed E-state index contributed by atoms with van der Waals surface area (Å²) in [6, 6.07) is 3.58. The average molecular weight is 217 g/mol. The normalized spacial score (nSPS) is 11.1. The SMILES string of the molecule is OCc1ccc(C=CCBr)o1. The number of hydrogen-bond acceptors (Lipinski definition) is 2. The maximum Gasteiger partial charge on any atom is 0.130 e. The molecule has 0 aromatic carbocycles. The molecule has 3 heteroatoms. The van der Waals surface area contributed by atoms with Gasteiger partial charge < -0.3 is 9.52 Å². The second-order valence-corrected chi connectivity index (χ2v) is 2.67. The minimum Gasteiger partial charge on any atom is -0.459 e. The summed E-state index contributed by atoms with van der Waals surface area (Å²) in [7, 11) is 0. The summed E-state index contributed by atoms with van der Waals surface area (Å²) in [5.41, 5.74) is 0. The van der Waals surface area contributed by atoms with Crippen molar-refractivity contribution in [2.45, 2.75) is 6.61 Å². The fourth-order valence-electron chi connectivity index (χ4n) is 0.730. The highest BCUT2D eigenvalue weighted by Crippen LogP contribution is 2.09. The molecule has 0 bridgehead atoms. The van der Waals surface area contributed by atoms with E-state index in [1.807, 2.05) is 18.2 Å². The largest absolute Gasteiger partial charge is 0.459 e. The number of hydrogen-bond donors (Lipinski definition) is 1. The van der Waals surface area contributed by atoms with E-state index in [1.165, 1.54) is 0 Å². The van der Waals surface area contributed by atoms with E-state index in [0.717, 1.165) is 11.1 Å². The van der Waals surface area contributed by atoms with Gasteiger partial charge in [-0.15, -0.1) is 0 Å². The minimum absolute atomic E-state index is 0.0395. The number of halogens is 1. The van der Waals surface area contributed by atoms with Crippen molar-refractivity contribution < 1.29 is 9.52 Å². The first-order valence-corrected chi connectivity index (χ1v) is 4.41. The highest BCUT2D eigenvalue weighted by Gasteiger charge is 1.95. The molecule has 0 saturated carbocycles. The van der Waals surface area contributed by atoms with Crippen molar-refractivity contribution in [3.05, 3.63) is 29.7 Å². The van der Waals surface area contributed by atoms with Crippen molar-refractivity contribution in [3.63, 3.8) is 0 Å². The number of allylic oxidation sites excluding steroid dienone is 1. The van der Waals surface area contributed by atoms with E-state index in [9.17, 15) is 0 Å². The number of furan rings is 1. The molecule has 0 fully saturated rings. The van der Waals surface area contributed by atoms with Crippen LogP contribution in [0.15, 0.2) is 22.6 Å². The Balaban J connectivity index is 2.65. The molecule has 0 radical (unpaired) electrons. The number of aliphatic hydroxyl groups excluding tert-OH is 1. The highest BCUT2D eigenvalue weighted by molar-refractivity contribution is 9.09. The standard InChI is InChI=1S/C8H9BrO2/c9-5-1-2-7-3-4-8(6-10)11-7/h1-4,10H,5-6H2. The highest BCUT2D eigenvalue weighted by atomic mass is 79.9. The van der Waals surface area contributed by atoms with Gasteiger partial charge in [0.1, 0.15) is 18.1 Å². The second kappa shape index (κ2) is 4.36. The molecule has 0 aliphatic heterocycles. The van der Waals surface area contributed by atoms with E-state index in [4.69, 9.17) is 9.52 Å². The van der Waals surface area contributed by atoms with E-state index >= 15 is 0 Å². The summed E-state index contributed by atoms with van der Waals surface area (Å²) in [5.74, 6) is 1.37. The zero-order valence-electron chi connectivity index (χ0n) is 5.96. The topological polar surface area (TPSA) is 33.4 Å². The lowest BCUT2D eigenvalue weighted by Crippen LogP contribution is -1.73. The predicted octanol–water partition coefficient (Wildman–Crippen LogP) is 2.18. The lowest BCUT2D eigenvalue weighted by molar-refractivity contribution is 0.246. The quantitative estimate of drug-likeness (QED) is 0.787. The van der Waals surface area contributed by atoms with Crippen LogP contribution in [-0.4, -0.2) is 10.4 Å². The van der Waals surface area contributed by atoms with Crippen LogP contribution in [0.4, 0.5) is 0 Å². The Labute approximate surface area is 73.7 Å². The van der Waals surface area contributed by atoms with Gasteiger partial charge in [0.2, 0.25) is 0 Å². The van der Waals surface area contributed by atoms with E-state index in [0.29, 0.717) is 5.76 Å². The molecule has 0 atom stereocenters. The van der Waals surface area contributed by atoms with Gasteiger partial charge in [0.15, 0.2) is 0 Å². The van der Waals surface area contributed by atoms with Gasteiger partial charge in [-0.3, -0.25) is 0 Å². The predicted molar refractivity (Wildman–Crippen MR) is 47.5 cm³/mol. The van der Waals surface area contributed by atoms with Crippen molar-refractivity contribution in [2.75, 3.05) is 5.33 Å². The summed E-state index contributed by atoms with van der Waals surface area (Å²) >= 11 is 3.25. The third kappa shape index (κ3) is 2.52. The summed E-state index contributed by atoms with van der Waals surface area (Å²) in [4.78, 5) is 0. The van der Waals surface area contributed by atoms with Crippen LogP contribution in [0.5, 0.6) is 0 Å². The molecule has 1 heterocycles. The maximum absolute atomic E-state index is 8.65. The Morgan fingerprint density at radius 2 is 2.36 bits per heavy atom. The number of alkyl halides is 1. The molecule has 1 N–H and O–H groups in total. The van der Waals surface area contributed by atoms with Crippen molar-refractivity contribution >= 4 is 22.0 Å². The van der Waals surface area contributed by atoms with Gasteiger partial charge in [-0.25, -0.2) is 0 Å². The average Bonchev–Trinajstić information content (AvgIpc) is 2.48. The zero-order valence-corrected chi connectivity index (χ0v) is 7.54. The summed E-state index contributed by atoms with van der Waals surface area (Å²) < 4.78 is 5.18. The summed E-state index contributed by atoms with van der Waals surface area (Å²) in [6.07, 6.45) is 3.79. The van der Waals surface area contributed by atoms with Crippen molar-refractivity contribution in [1.82, 2.24) is 0 Å². The third-order valence-electron chi connectivity index (χ3n) is 1.21. The molecule has 1 rings (SSSR count). The van der Waals surface area contributed by atoms with Crippen LogP contribution in [0.3, 0.4) is 0 Å². The van der Waals surface area contributed by atoms with Gasteiger partial charge in [-0.05, 0) is 18.2 Å². The Bertz CT molecular complexity index is 240. The van der Waals surface area contributed by atoms with Crippen molar-refractivity contribution in [2.24, 2.45) is 0 Å². The lowest BCUT2D eigenvalue weighted by atomic mass is 10.4. The molecule has 1 aromatic heterocycles. The van der Waals surface area contributed by atoms with Crippen LogP contribution < -0.4 is 0 Å². The monoisotopic (exact) mass is 216 g/mol. The van der Waals surface area contributed by atoms with E-state index in [-0.39, 0.29) is 6.61 Å². The van der Waals surface area contributed by atoms with Crippen LogP contribution in [0.25, 0.3) is 6.08 Å². The molecule has 0 unspecified atom stereocenters. The first kappa shape index (κ1) is 8.56. The molecule has 60 valence electrons. The number of rotatable bonds is 3. The Morgan fingerprint density at radius 1 is 1.55 bits per heavy atom. The number of aliphatic hydroxyl groups is 1. The second-order valence-electron chi connectivity index (χ2n) is 2.02. The smallest absolute Gasteiger partial charge is 0.130 e. The van der Waals surface area contributed by atoms with E-state index < -0.39 is 0 Å². The molecule has 0 spiro atoms. The molecular formula is C8H9BrO2. The van der Waals surface area contributed by atoms with E-state index in [2.05, 4.69) is 15.9 Å². The van der Waals surface area contributed by atoms with Crippen molar-refractivity contribution in [3.8, 4) is 0 Å². The molecule has 0 aliphatic carbocycles. The summed E-state index contributed by atoms with van der Waals surface area (Å²) in [5, 5.41) is 9.46. The maximum atomic E-state index is 8.65. The third-order valence-corrected chi connectivity index (χ3v) is 1.58. The molecule has 0 amide bonds. The van der Waals surface area contributed by atoms with E-state index in [1.54, 1.807) is 6.07 Å². The molecule has 11 heavy (non-hydrogen) atoms. The van der Waals surface area contributed by atoms with Gasteiger partial charge in [-0.2, -0.15) is 0 Å². The van der Waals surface area contributed by atoms with Crippen LogP contribution in [0.2, 0.25) is 0 Å². The zero-order chi connectivity index (χ0) is 8.10. The fourth-order valence-corrected chi connectivity index (χ4v) is 0.917. The van der Waals surface area contributed by atoms with Crippen LogP contribution in [0.1, 0.15) is 11.5 Å². The van der Waals surface area contributed by atoms with Gasteiger partial charge in [-0.1, -0.05) is 22.0 Å². The van der Waals surface area contributed by atoms with Gasteiger partial charge in [0.25, 0.3) is 0 Å². The first-order valence-electron chi connectivity index (χ1n) is 3.29. The molecular weight excluding hydrogens is 208 g/mol.